The summed E-state index contributed by atoms with van der Waals surface area (Å²) in [5.41, 5.74) is 3.09. The van der Waals surface area contributed by atoms with Crippen molar-refractivity contribution < 1.29 is 9.84 Å². The Hall–Kier alpha value is -3.91. The summed E-state index contributed by atoms with van der Waals surface area (Å²) < 4.78 is 7.62. The Labute approximate surface area is 199 Å². The zero-order valence-electron chi connectivity index (χ0n) is 20.0. The zero-order valence-corrected chi connectivity index (χ0v) is 20.0. The monoisotopic (exact) mass is 461 g/mol. The van der Waals surface area contributed by atoms with Crippen LogP contribution in [0.15, 0.2) is 72.7 Å². The Morgan fingerprint density at radius 2 is 1.94 bits per heavy atom. The van der Waals surface area contributed by atoms with Gasteiger partial charge >= 0.3 is 0 Å². The van der Waals surface area contributed by atoms with Gasteiger partial charge in [0, 0.05) is 37.1 Å². The molecule has 0 radical (unpaired) electrons. The summed E-state index contributed by atoms with van der Waals surface area (Å²) in [6.07, 6.45) is 7.24. The molecule has 4 aromatic rings. The predicted molar refractivity (Wildman–Crippen MR) is 135 cm³/mol. The van der Waals surface area contributed by atoms with E-state index < -0.39 is 5.60 Å². The second-order valence-electron chi connectivity index (χ2n) is 8.43. The van der Waals surface area contributed by atoms with Crippen LogP contribution in [0.25, 0.3) is 27.8 Å². The third-order valence-corrected chi connectivity index (χ3v) is 5.10. The lowest BCUT2D eigenvalue weighted by Gasteiger charge is -2.17. The number of hydrogen-bond donors (Lipinski definition) is 3. The highest BCUT2D eigenvalue weighted by Gasteiger charge is 2.16. The lowest BCUT2D eigenvalue weighted by Crippen LogP contribution is -2.21. The SMILES string of the molecule is C=CNC.Cc1cc(-n2cc(-c3ccc(OCCC(C)(C)O)cc3)c3c(=O)[nH]cnc32)ccn1. The number of pyridine rings is 1. The molecule has 1 aromatic carbocycles. The van der Waals surface area contributed by atoms with Gasteiger partial charge in [-0.25, -0.2) is 4.98 Å². The third-order valence-electron chi connectivity index (χ3n) is 5.10. The number of aryl methyl sites for hydroxylation is 1. The van der Waals surface area contributed by atoms with Gasteiger partial charge in [-0.1, -0.05) is 18.7 Å². The first kappa shape index (κ1) is 24.7. The molecular formula is C26H31N5O3. The van der Waals surface area contributed by atoms with Crippen LogP contribution in [0.5, 0.6) is 5.75 Å². The summed E-state index contributed by atoms with van der Waals surface area (Å²) in [5.74, 6) is 0.712. The molecule has 0 saturated carbocycles. The molecule has 0 spiro atoms. The van der Waals surface area contributed by atoms with Gasteiger partial charge in [0.25, 0.3) is 5.56 Å². The molecule has 0 aliphatic carbocycles. The van der Waals surface area contributed by atoms with Crippen LogP contribution in [0, 0.1) is 6.92 Å². The van der Waals surface area contributed by atoms with Gasteiger partial charge in [-0.2, -0.15) is 0 Å². The average Bonchev–Trinajstić information content (AvgIpc) is 3.20. The van der Waals surface area contributed by atoms with Crippen LogP contribution < -0.4 is 15.6 Å². The van der Waals surface area contributed by atoms with Crippen molar-refractivity contribution >= 4 is 11.0 Å². The zero-order chi connectivity index (χ0) is 24.7. The Kier molecular flexibility index (Phi) is 7.86. The number of aromatic amines is 1. The van der Waals surface area contributed by atoms with Crippen molar-refractivity contribution in [1.82, 2.24) is 24.8 Å². The van der Waals surface area contributed by atoms with Crippen LogP contribution >= 0.6 is 0 Å². The van der Waals surface area contributed by atoms with Crippen LogP contribution in [0.2, 0.25) is 0 Å². The number of H-pyrrole nitrogens is 1. The minimum Gasteiger partial charge on any atom is -0.493 e. The molecule has 4 rings (SSSR count). The number of fused-ring (bicyclic) bond motifs is 1. The molecule has 3 heterocycles. The maximum absolute atomic E-state index is 12.6. The number of nitrogens with zero attached hydrogens (tertiary/aromatic N) is 3. The molecule has 0 bridgehead atoms. The van der Waals surface area contributed by atoms with Gasteiger partial charge in [-0.3, -0.25) is 9.78 Å². The number of ether oxygens (including phenoxy) is 1. The highest BCUT2D eigenvalue weighted by Crippen LogP contribution is 2.30. The Morgan fingerprint density at radius 1 is 1.24 bits per heavy atom. The normalized spacial score (nSPS) is 11.0. The van der Waals surface area contributed by atoms with E-state index in [1.165, 1.54) is 6.33 Å². The fourth-order valence-electron chi connectivity index (χ4n) is 3.32. The molecule has 0 unspecified atom stereocenters. The van der Waals surface area contributed by atoms with Gasteiger partial charge in [-0.05, 0) is 56.8 Å². The summed E-state index contributed by atoms with van der Waals surface area (Å²) in [5, 5.41) is 13.0. The Bertz CT molecular complexity index is 1300. The van der Waals surface area contributed by atoms with E-state index in [0.717, 1.165) is 22.5 Å². The fraction of sp³-hybridized carbons (Fsp3) is 0.269. The van der Waals surface area contributed by atoms with E-state index in [-0.39, 0.29) is 5.56 Å². The molecule has 8 nitrogen and oxygen atoms in total. The van der Waals surface area contributed by atoms with E-state index in [9.17, 15) is 9.90 Å². The van der Waals surface area contributed by atoms with Crippen molar-refractivity contribution in [2.45, 2.75) is 32.8 Å². The van der Waals surface area contributed by atoms with E-state index in [1.54, 1.807) is 26.2 Å². The Morgan fingerprint density at radius 3 is 2.56 bits per heavy atom. The lowest BCUT2D eigenvalue weighted by molar-refractivity contribution is 0.0553. The molecular weight excluding hydrogens is 430 g/mol. The van der Waals surface area contributed by atoms with Gasteiger partial charge in [-0.15, -0.1) is 0 Å². The van der Waals surface area contributed by atoms with Crippen LogP contribution in [0.1, 0.15) is 26.0 Å². The van der Waals surface area contributed by atoms with E-state index in [2.05, 4.69) is 26.8 Å². The molecule has 3 N–H and O–H groups in total. The average molecular weight is 462 g/mol. The number of rotatable bonds is 7. The summed E-state index contributed by atoms with van der Waals surface area (Å²) in [7, 11) is 1.81. The van der Waals surface area contributed by atoms with E-state index in [4.69, 9.17) is 4.74 Å². The second-order valence-corrected chi connectivity index (χ2v) is 8.43. The number of benzene rings is 1. The van der Waals surface area contributed by atoms with Crippen LogP contribution in [0.3, 0.4) is 0 Å². The highest BCUT2D eigenvalue weighted by atomic mass is 16.5. The number of nitrogens with one attached hydrogen (secondary N) is 2. The first-order valence-electron chi connectivity index (χ1n) is 11.0. The quantitative estimate of drug-likeness (QED) is 0.385. The number of aromatic nitrogens is 4. The molecule has 0 aliphatic heterocycles. The molecule has 0 amide bonds. The van der Waals surface area contributed by atoms with Crippen LogP contribution in [-0.4, -0.2) is 43.9 Å². The molecule has 178 valence electrons. The first-order valence-corrected chi connectivity index (χ1v) is 11.0. The number of hydrogen-bond acceptors (Lipinski definition) is 6. The highest BCUT2D eigenvalue weighted by molar-refractivity contribution is 5.94. The number of aliphatic hydroxyl groups is 1. The van der Waals surface area contributed by atoms with Crippen LogP contribution in [0.4, 0.5) is 0 Å². The van der Waals surface area contributed by atoms with E-state index in [1.807, 2.05) is 61.1 Å². The maximum atomic E-state index is 12.6. The Balaban J connectivity index is 0.000000751. The van der Waals surface area contributed by atoms with Crippen molar-refractivity contribution in [2.75, 3.05) is 13.7 Å². The summed E-state index contributed by atoms with van der Waals surface area (Å²) in [4.78, 5) is 24.0. The smallest absolute Gasteiger partial charge is 0.260 e. The molecule has 0 aliphatic rings. The van der Waals surface area contributed by atoms with Gasteiger partial charge in [0.2, 0.25) is 0 Å². The largest absolute Gasteiger partial charge is 0.493 e. The van der Waals surface area contributed by atoms with E-state index in [0.29, 0.717) is 29.8 Å². The van der Waals surface area contributed by atoms with Gasteiger partial charge in [0.1, 0.15) is 5.75 Å². The topological polar surface area (TPSA) is 105 Å². The second kappa shape index (κ2) is 10.8. The minimum atomic E-state index is -0.763. The first-order chi connectivity index (χ1) is 16.2. The molecule has 0 atom stereocenters. The molecule has 8 heteroatoms. The molecule has 0 saturated heterocycles. The van der Waals surface area contributed by atoms with Crippen molar-refractivity contribution in [3.05, 3.63) is 83.9 Å². The third kappa shape index (κ3) is 6.11. The molecule has 0 fully saturated rings. The molecule has 34 heavy (non-hydrogen) atoms. The summed E-state index contributed by atoms with van der Waals surface area (Å²) >= 11 is 0. The summed E-state index contributed by atoms with van der Waals surface area (Å²) in [6.45, 7) is 9.23. The van der Waals surface area contributed by atoms with Gasteiger partial charge in [0.15, 0.2) is 5.65 Å². The van der Waals surface area contributed by atoms with E-state index >= 15 is 0 Å². The van der Waals surface area contributed by atoms with Crippen molar-refractivity contribution in [2.24, 2.45) is 0 Å². The van der Waals surface area contributed by atoms with Crippen molar-refractivity contribution in [3.8, 4) is 22.6 Å². The fourth-order valence-corrected chi connectivity index (χ4v) is 3.32. The van der Waals surface area contributed by atoms with Gasteiger partial charge < -0.3 is 24.7 Å². The van der Waals surface area contributed by atoms with Gasteiger partial charge in [0.05, 0.1) is 29.6 Å². The summed E-state index contributed by atoms with van der Waals surface area (Å²) in [6, 6.07) is 11.4. The lowest BCUT2D eigenvalue weighted by atomic mass is 10.1. The predicted octanol–water partition coefficient (Wildman–Crippen LogP) is 3.97. The standard InChI is InChI=1S/C23H24N4O3.C3H7N/c1-15-12-17(8-10-24-15)27-13-19(20-21(27)25-14-26-22(20)28)16-4-6-18(7-5-16)30-11-9-23(2,3)29;1-3-4-2/h4-8,10,12-14,29H,9,11H2,1-3H3,(H,25,26,28);3-4H,1H2,2H3. The van der Waals surface area contributed by atoms with Crippen molar-refractivity contribution in [1.29, 1.82) is 0 Å². The minimum absolute atomic E-state index is 0.190. The van der Waals surface area contributed by atoms with Crippen LogP contribution in [-0.2, 0) is 0 Å². The maximum Gasteiger partial charge on any atom is 0.260 e. The molecule has 3 aromatic heterocycles. The van der Waals surface area contributed by atoms with Crippen molar-refractivity contribution in [3.63, 3.8) is 0 Å².